The van der Waals surface area contributed by atoms with Gasteiger partial charge in [0, 0.05) is 13.2 Å². The zero-order valence-electron chi connectivity index (χ0n) is 11.3. The Morgan fingerprint density at radius 3 is 2.73 bits per heavy atom. The van der Waals surface area contributed by atoms with Crippen LogP contribution in [-0.2, 0) is 17.5 Å². The Labute approximate surface area is 128 Å². The molecule has 22 heavy (non-hydrogen) atoms. The first-order valence-electron chi connectivity index (χ1n) is 6.02. The Bertz CT molecular complexity index is 731. The van der Waals surface area contributed by atoms with Crippen LogP contribution < -0.4 is 10.9 Å². The number of aromatic amines is 1. The van der Waals surface area contributed by atoms with Gasteiger partial charge in [-0.05, 0) is 18.2 Å². The van der Waals surface area contributed by atoms with Crippen LogP contribution in [0.15, 0.2) is 29.1 Å². The summed E-state index contributed by atoms with van der Waals surface area (Å²) in [6.07, 6.45) is -4.50. The average molecular weight is 334 g/mol. The normalized spacial score (nSPS) is 11.5. The van der Waals surface area contributed by atoms with Crippen molar-refractivity contribution in [1.29, 1.82) is 0 Å². The third-order valence-electron chi connectivity index (χ3n) is 2.63. The number of hydrogen-bond acceptors (Lipinski definition) is 4. The summed E-state index contributed by atoms with van der Waals surface area (Å²) in [5, 5.41) is 2.63. The summed E-state index contributed by atoms with van der Waals surface area (Å²) in [6.45, 7) is 0.0922. The summed E-state index contributed by atoms with van der Waals surface area (Å²) in [4.78, 5) is 17.9. The van der Waals surface area contributed by atoms with Crippen LogP contribution in [0, 0.1) is 0 Å². The number of halogens is 4. The Balaban J connectivity index is 2.36. The van der Waals surface area contributed by atoms with Gasteiger partial charge in [-0.3, -0.25) is 9.78 Å². The molecule has 1 aromatic carbocycles. The molecular formula is C13H11ClF3N3O2. The Hall–Kier alpha value is -2.06. The lowest BCUT2D eigenvalue weighted by Crippen LogP contribution is -2.13. The Morgan fingerprint density at radius 2 is 2.09 bits per heavy atom. The van der Waals surface area contributed by atoms with Gasteiger partial charge in [0.05, 0.1) is 28.6 Å². The second-order valence-corrected chi connectivity index (χ2v) is 4.74. The number of hydrogen-bond donors (Lipinski definition) is 2. The van der Waals surface area contributed by atoms with Gasteiger partial charge in [0.1, 0.15) is 0 Å². The van der Waals surface area contributed by atoms with Gasteiger partial charge in [0.25, 0.3) is 5.56 Å². The summed E-state index contributed by atoms with van der Waals surface area (Å²) < 4.78 is 43.0. The highest BCUT2D eigenvalue weighted by atomic mass is 35.5. The van der Waals surface area contributed by atoms with E-state index in [1.54, 1.807) is 0 Å². The lowest BCUT2D eigenvalue weighted by Gasteiger charge is -2.12. The van der Waals surface area contributed by atoms with Crippen LogP contribution in [0.25, 0.3) is 0 Å². The molecule has 1 aromatic heterocycles. The number of alkyl halides is 3. The molecule has 0 spiro atoms. The van der Waals surface area contributed by atoms with Crippen molar-refractivity contribution < 1.29 is 17.9 Å². The average Bonchev–Trinajstić information content (AvgIpc) is 2.39. The fourth-order valence-corrected chi connectivity index (χ4v) is 1.88. The fourth-order valence-electron chi connectivity index (χ4n) is 1.71. The molecule has 2 aromatic rings. The molecule has 0 saturated heterocycles. The summed E-state index contributed by atoms with van der Waals surface area (Å²) in [6, 6.07) is 4.04. The molecule has 1 heterocycles. The van der Waals surface area contributed by atoms with E-state index < -0.39 is 17.3 Å². The van der Waals surface area contributed by atoms with Crippen molar-refractivity contribution in [1.82, 2.24) is 9.97 Å². The SMILES string of the molecule is COCc1cc(=O)[nH]c(Nc2cc(C(F)(F)F)ccc2Cl)n1. The molecule has 9 heteroatoms. The first-order chi connectivity index (χ1) is 10.3. The van der Waals surface area contributed by atoms with Crippen LogP contribution in [0.1, 0.15) is 11.3 Å². The third kappa shape index (κ3) is 3.99. The Kier molecular flexibility index (Phi) is 4.72. The molecule has 0 aliphatic carbocycles. The minimum atomic E-state index is -4.50. The van der Waals surface area contributed by atoms with Gasteiger partial charge < -0.3 is 10.1 Å². The number of rotatable bonds is 4. The molecule has 0 unspecified atom stereocenters. The van der Waals surface area contributed by atoms with Crippen molar-refractivity contribution >= 4 is 23.2 Å². The van der Waals surface area contributed by atoms with Crippen molar-refractivity contribution in [3.05, 3.63) is 50.9 Å². The van der Waals surface area contributed by atoms with Gasteiger partial charge in [-0.1, -0.05) is 11.6 Å². The minimum absolute atomic E-state index is 0.0193. The zero-order chi connectivity index (χ0) is 16.3. The van der Waals surface area contributed by atoms with Gasteiger partial charge in [-0.2, -0.15) is 13.2 Å². The summed E-state index contributed by atoms with van der Waals surface area (Å²) in [5.74, 6) is -0.0271. The van der Waals surface area contributed by atoms with E-state index >= 15 is 0 Å². The molecule has 0 aliphatic rings. The van der Waals surface area contributed by atoms with Crippen molar-refractivity contribution in [3.8, 4) is 0 Å². The largest absolute Gasteiger partial charge is 0.416 e. The number of benzene rings is 1. The number of H-pyrrole nitrogens is 1. The van der Waals surface area contributed by atoms with E-state index in [0.717, 1.165) is 18.2 Å². The molecule has 0 radical (unpaired) electrons. The second-order valence-electron chi connectivity index (χ2n) is 4.34. The van der Waals surface area contributed by atoms with Crippen molar-refractivity contribution in [3.63, 3.8) is 0 Å². The van der Waals surface area contributed by atoms with Crippen LogP contribution in [-0.4, -0.2) is 17.1 Å². The molecule has 2 rings (SSSR count). The maximum Gasteiger partial charge on any atom is 0.416 e. The van der Waals surface area contributed by atoms with Crippen LogP contribution in [0.5, 0.6) is 0 Å². The van der Waals surface area contributed by atoms with Gasteiger partial charge >= 0.3 is 6.18 Å². The molecule has 0 saturated carbocycles. The molecule has 5 nitrogen and oxygen atoms in total. The van der Waals surface area contributed by atoms with Crippen LogP contribution in [0.4, 0.5) is 24.8 Å². The van der Waals surface area contributed by atoms with Gasteiger partial charge in [0.2, 0.25) is 5.95 Å². The lowest BCUT2D eigenvalue weighted by atomic mass is 10.2. The van der Waals surface area contributed by atoms with E-state index in [4.69, 9.17) is 16.3 Å². The first kappa shape index (κ1) is 16.3. The van der Waals surface area contributed by atoms with Gasteiger partial charge in [0.15, 0.2) is 0 Å². The predicted molar refractivity (Wildman–Crippen MR) is 75.3 cm³/mol. The van der Waals surface area contributed by atoms with E-state index in [0.29, 0.717) is 5.69 Å². The highest BCUT2D eigenvalue weighted by Crippen LogP contribution is 2.34. The topological polar surface area (TPSA) is 67.0 Å². The summed E-state index contributed by atoms with van der Waals surface area (Å²) in [5.41, 5.74) is -1.02. The zero-order valence-corrected chi connectivity index (χ0v) is 12.0. The number of ether oxygens (including phenoxy) is 1. The second kappa shape index (κ2) is 6.37. The van der Waals surface area contributed by atoms with Crippen molar-refractivity contribution in [2.24, 2.45) is 0 Å². The highest BCUT2D eigenvalue weighted by Gasteiger charge is 2.31. The first-order valence-corrected chi connectivity index (χ1v) is 6.40. The molecule has 2 N–H and O–H groups in total. The predicted octanol–water partition coefficient (Wildman–Crippen LogP) is 3.33. The summed E-state index contributed by atoms with van der Waals surface area (Å²) >= 11 is 5.86. The standard InChI is InChI=1S/C13H11ClF3N3O2/c1-22-6-8-5-11(21)20-12(18-8)19-10-4-7(13(15,16)17)2-3-9(10)14/h2-5H,6H2,1H3,(H2,18,19,20,21). The molecule has 0 bridgehead atoms. The van der Waals surface area contributed by atoms with Crippen LogP contribution in [0.2, 0.25) is 5.02 Å². The quantitative estimate of drug-likeness (QED) is 0.900. The monoisotopic (exact) mass is 333 g/mol. The molecule has 0 aliphatic heterocycles. The number of methoxy groups -OCH3 is 1. The minimum Gasteiger partial charge on any atom is -0.378 e. The van der Waals surface area contributed by atoms with Crippen LogP contribution in [0.3, 0.4) is 0 Å². The smallest absolute Gasteiger partial charge is 0.378 e. The van der Waals surface area contributed by atoms with E-state index in [9.17, 15) is 18.0 Å². The maximum absolute atomic E-state index is 12.7. The van der Waals surface area contributed by atoms with Crippen molar-refractivity contribution in [2.75, 3.05) is 12.4 Å². The Morgan fingerprint density at radius 1 is 1.36 bits per heavy atom. The fraction of sp³-hybridized carbons (Fsp3) is 0.231. The van der Waals surface area contributed by atoms with Crippen LogP contribution >= 0.6 is 11.6 Å². The van der Waals surface area contributed by atoms with Gasteiger partial charge in [-0.15, -0.1) is 0 Å². The molecule has 0 atom stereocenters. The third-order valence-corrected chi connectivity index (χ3v) is 2.96. The van der Waals surface area contributed by atoms with E-state index in [-0.39, 0.29) is 23.3 Å². The molecule has 0 fully saturated rings. The molecule has 0 amide bonds. The summed E-state index contributed by atoms with van der Waals surface area (Å²) in [7, 11) is 1.43. The molecule has 118 valence electrons. The van der Waals surface area contributed by atoms with Crippen molar-refractivity contribution in [2.45, 2.75) is 12.8 Å². The number of aromatic nitrogens is 2. The van der Waals surface area contributed by atoms with E-state index in [1.807, 2.05) is 0 Å². The van der Waals surface area contributed by atoms with Gasteiger partial charge in [-0.25, -0.2) is 4.98 Å². The van der Waals surface area contributed by atoms with E-state index in [2.05, 4.69) is 15.3 Å². The number of anilines is 2. The highest BCUT2D eigenvalue weighted by molar-refractivity contribution is 6.33. The van der Waals surface area contributed by atoms with E-state index in [1.165, 1.54) is 13.2 Å². The lowest BCUT2D eigenvalue weighted by molar-refractivity contribution is -0.137. The number of nitrogens with zero attached hydrogens (tertiary/aromatic N) is 1. The molecular weight excluding hydrogens is 323 g/mol. The maximum atomic E-state index is 12.7. The number of nitrogens with one attached hydrogen (secondary N) is 2.